The first-order chi connectivity index (χ1) is 8.66. The molecular weight excluding hydrogens is 234 g/mol. The summed E-state index contributed by atoms with van der Waals surface area (Å²) in [7, 11) is 0. The summed E-state index contributed by atoms with van der Waals surface area (Å²) in [5, 5.41) is 0. The number of carbonyl (C=O) groups is 1. The fraction of sp³-hybridized carbons (Fsp3) is 0.588. The molecular formula is C17H28NO+. The van der Waals surface area contributed by atoms with E-state index < -0.39 is 0 Å². The van der Waals surface area contributed by atoms with E-state index in [1.54, 1.807) is 4.90 Å². The number of hydrogen-bond acceptors (Lipinski definition) is 1. The van der Waals surface area contributed by atoms with Crippen molar-refractivity contribution in [3.63, 3.8) is 0 Å². The highest BCUT2D eigenvalue weighted by atomic mass is 16.1. The molecule has 1 aliphatic heterocycles. The Morgan fingerprint density at radius 2 is 1.74 bits per heavy atom. The van der Waals surface area contributed by atoms with Gasteiger partial charge >= 0.3 is 0 Å². The monoisotopic (exact) mass is 262 g/mol. The zero-order valence-corrected chi connectivity index (χ0v) is 11.5. The second-order valence-electron chi connectivity index (χ2n) is 5.65. The van der Waals surface area contributed by atoms with Crippen LogP contribution in [0, 0.1) is 12.8 Å². The molecule has 19 heavy (non-hydrogen) atoms. The largest absolute Gasteiger partial charge is 0.334 e. The Hall–Kier alpha value is -1.15. The molecule has 2 heteroatoms. The zero-order chi connectivity index (χ0) is 13.0. The van der Waals surface area contributed by atoms with Crippen molar-refractivity contribution in [1.82, 2.24) is 0 Å². The summed E-state index contributed by atoms with van der Waals surface area (Å²) in [4.78, 5) is 13.9. The molecule has 1 heterocycles. The molecule has 0 radical (unpaired) electrons. The van der Waals surface area contributed by atoms with Crippen LogP contribution in [0.1, 0.15) is 49.5 Å². The van der Waals surface area contributed by atoms with Gasteiger partial charge in [0.2, 0.25) is 0 Å². The Morgan fingerprint density at radius 3 is 2.32 bits per heavy atom. The van der Waals surface area contributed by atoms with Crippen molar-refractivity contribution in [2.75, 3.05) is 19.6 Å². The standard InChI is InChI=1S/C16H23NO.CH4/c1-13-6-8-15(9-7-13)16(18)14(2)12-17-10-4-3-5-11-17;/h6-9,14H,3-5,10-12H2,1-2H3;1H4/p+1. The van der Waals surface area contributed by atoms with E-state index in [1.165, 1.54) is 37.9 Å². The molecule has 0 aliphatic carbocycles. The lowest BCUT2D eigenvalue weighted by molar-refractivity contribution is -0.906. The number of Topliss-reactive ketones (excluding diaryl/α,β-unsaturated/α-hetero) is 1. The number of aryl methyl sites for hydroxylation is 1. The molecule has 1 aliphatic rings. The van der Waals surface area contributed by atoms with E-state index in [0.717, 1.165) is 12.1 Å². The molecule has 1 saturated heterocycles. The number of piperidine rings is 1. The topological polar surface area (TPSA) is 21.5 Å². The van der Waals surface area contributed by atoms with Crippen LogP contribution in [0.15, 0.2) is 24.3 Å². The number of likely N-dealkylation sites (tertiary alicyclic amines) is 1. The number of rotatable bonds is 4. The first kappa shape index (κ1) is 15.9. The molecule has 0 saturated carbocycles. The number of quaternary nitrogens is 1. The minimum atomic E-state index is 0. The van der Waals surface area contributed by atoms with Crippen LogP contribution in [0.4, 0.5) is 0 Å². The second-order valence-corrected chi connectivity index (χ2v) is 5.65. The van der Waals surface area contributed by atoms with E-state index in [0.29, 0.717) is 5.78 Å². The van der Waals surface area contributed by atoms with Crippen molar-refractivity contribution in [3.8, 4) is 0 Å². The van der Waals surface area contributed by atoms with Crippen molar-refractivity contribution in [2.24, 2.45) is 5.92 Å². The van der Waals surface area contributed by atoms with Crippen molar-refractivity contribution < 1.29 is 9.69 Å². The second kappa shape index (κ2) is 7.44. The van der Waals surface area contributed by atoms with E-state index in [9.17, 15) is 4.79 Å². The number of nitrogens with one attached hydrogen (secondary N) is 1. The number of carbonyl (C=O) groups excluding carboxylic acids is 1. The highest BCUT2D eigenvalue weighted by Crippen LogP contribution is 2.09. The number of ketones is 1. The average molecular weight is 262 g/mol. The first-order valence-corrected chi connectivity index (χ1v) is 7.11. The third kappa shape index (κ3) is 4.46. The minimum absolute atomic E-state index is 0. The molecule has 0 spiro atoms. The number of hydrogen-bond donors (Lipinski definition) is 1. The van der Waals surface area contributed by atoms with E-state index in [4.69, 9.17) is 0 Å². The van der Waals surface area contributed by atoms with Crippen LogP contribution in [0.3, 0.4) is 0 Å². The molecule has 1 unspecified atom stereocenters. The molecule has 1 fully saturated rings. The van der Waals surface area contributed by atoms with Gasteiger partial charge in [0.15, 0.2) is 5.78 Å². The molecule has 0 amide bonds. The van der Waals surface area contributed by atoms with Crippen molar-refractivity contribution >= 4 is 5.78 Å². The average Bonchev–Trinajstić information content (AvgIpc) is 2.40. The van der Waals surface area contributed by atoms with Gasteiger partial charge in [0, 0.05) is 5.56 Å². The molecule has 1 atom stereocenters. The smallest absolute Gasteiger partial charge is 0.171 e. The predicted molar refractivity (Wildman–Crippen MR) is 80.8 cm³/mol. The van der Waals surface area contributed by atoms with Gasteiger partial charge in [-0.15, -0.1) is 0 Å². The van der Waals surface area contributed by atoms with Crippen LogP contribution >= 0.6 is 0 Å². The zero-order valence-electron chi connectivity index (χ0n) is 11.5. The molecule has 0 bridgehead atoms. The Balaban J connectivity index is 0.00000180. The third-order valence-corrected chi connectivity index (χ3v) is 3.94. The van der Waals surface area contributed by atoms with Crippen molar-refractivity contribution in [1.29, 1.82) is 0 Å². The van der Waals surface area contributed by atoms with Crippen LogP contribution in [0.25, 0.3) is 0 Å². The van der Waals surface area contributed by atoms with Crippen LogP contribution in [-0.2, 0) is 0 Å². The molecule has 2 nitrogen and oxygen atoms in total. The lowest BCUT2D eigenvalue weighted by Crippen LogP contribution is -3.13. The van der Waals surface area contributed by atoms with E-state index in [2.05, 4.69) is 13.8 Å². The molecule has 1 aromatic carbocycles. The molecule has 1 N–H and O–H groups in total. The van der Waals surface area contributed by atoms with Gasteiger partial charge < -0.3 is 4.90 Å². The summed E-state index contributed by atoms with van der Waals surface area (Å²) < 4.78 is 0. The quantitative estimate of drug-likeness (QED) is 0.827. The summed E-state index contributed by atoms with van der Waals surface area (Å²) in [6, 6.07) is 7.96. The highest BCUT2D eigenvalue weighted by molar-refractivity contribution is 5.97. The molecule has 0 aromatic heterocycles. The lowest BCUT2D eigenvalue weighted by Gasteiger charge is -2.25. The maximum Gasteiger partial charge on any atom is 0.171 e. The van der Waals surface area contributed by atoms with Crippen LogP contribution in [0.2, 0.25) is 0 Å². The maximum absolute atomic E-state index is 12.3. The van der Waals surface area contributed by atoms with Gasteiger partial charge in [0.25, 0.3) is 0 Å². The SMILES string of the molecule is C.Cc1ccc(C(=O)C(C)C[NH+]2CCCCC2)cc1. The third-order valence-electron chi connectivity index (χ3n) is 3.94. The van der Waals surface area contributed by atoms with Crippen LogP contribution in [-0.4, -0.2) is 25.4 Å². The van der Waals surface area contributed by atoms with Gasteiger partial charge in [-0.1, -0.05) is 37.3 Å². The van der Waals surface area contributed by atoms with Gasteiger partial charge in [0.05, 0.1) is 25.6 Å². The molecule has 2 rings (SSSR count). The predicted octanol–water partition coefficient (Wildman–Crippen LogP) is 2.52. The van der Waals surface area contributed by atoms with Gasteiger partial charge in [-0.25, -0.2) is 0 Å². The Morgan fingerprint density at radius 1 is 1.16 bits per heavy atom. The summed E-state index contributed by atoms with van der Waals surface area (Å²) in [5.74, 6) is 0.439. The first-order valence-electron chi connectivity index (χ1n) is 7.11. The summed E-state index contributed by atoms with van der Waals surface area (Å²) in [5.41, 5.74) is 2.07. The van der Waals surface area contributed by atoms with Gasteiger partial charge in [-0.3, -0.25) is 4.79 Å². The van der Waals surface area contributed by atoms with Crippen LogP contribution in [0.5, 0.6) is 0 Å². The van der Waals surface area contributed by atoms with E-state index in [1.807, 2.05) is 24.3 Å². The normalized spacial score (nSPS) is 17.6. The lowest BCUT2D eigenvalue weighted by atomic mass is 9.97. The fourth-order valence-corrected chi connectivity index (χ4v) is 2.78. The maximum atomic E-state index is 12.3. The Labute approximate surface area is 117 Å². The van der Waals surface area contributed by atoms with E-state index >= 15 is 0 Å². The van der Waals surface area contributed by atoms with E-state index in [-0.39, 0.29) is 13.3 Å². The summed E-state index contributed by atoms with van der Waals surface area (Å²) in [6.45, 7) is 7.60. The highest BCUT2D eigenvalue weighted by Gasteiger charge is 2.22. The Bertz CT molecular complexity index is 390. The van der Waals surface area contributed by atoms with Crippen molar-refractivity contribution in [3.05, 3.63) is 35.4 Å². The minimum Gasteiger partial charge on any atom is -0.334 e. The Kier molecular flexibility index (Phi) is 6.23. The van der Waals surface area contributed by atoms with Gasteiger partial charge in [-0.2, -0.15) is 0 Å². The van der Waals surface area contributed by atoms with Gasteiger partial charge in [0.1, 0.15) is 0 Å². The summed E-state index contributed by atoms with van der Waals surface area (Å²) in [6.07, 6.45) is 4.01. The van der Waals surface area contributed by atoms with Gasteiger partial charge in [-0.05, 0) is 33.1 Å². The van der Waals surface area contributed by atoms with Crippen LogP contribution < -0.4 is 4.90 Å². The van der Waals surface area contributed by atoms with Crippen molar-refractivity contribution in [2.45, 2.75) is 40.5 Å². The fourth-order valence-electron chi connectivity index (χ4n) is 2.78. The molecule has 1 aromatic rings. The molecule has 106 valence electrons. The number of benzene rings is 1. The summed E-state index contributed by atoms with van der Waals surface area (Å²) >= 11 is 0.